The zero-order valence-corrected chi connectivity index (χ0v) is 11.0. The van der Waals surface area contributed by atoms with Gasteiger partial charge in [0, 0.05) is 31.1 Å². The minimum absolute atomic E-state index is 0.0220. The molecule has 2 heterocycles. The first kappa shape index (κ1) is 11.1. The van der Waals surface area contributed by atoms with Crippen LogP contribution in [0, 0.1) is 0 Å². The van der Waals surface area contributed by atoms with Crippen molar-refractivity contribution < 1.29 is 0 Å². The van der Waals surface area contributed by atoms with Crippen LogP contribution >= 0.6 is 0 Å². The molecule has 0 spiro atoms. The molecule has 2 aliphatic rings. The van der Waals surface area contributed by atoms with Gasteiger partial charge in [-0.2, -0.15) is 5.10 Å². The number of aromatic nitrogens is 2. The molecule has 0 unspecified atom stereocenters. The lowest BCUT2D eigenvalue weighted by Gasteiger charge is -2.26. The summed E-state index contributed by atoms with van der Waals surface area (Å²) < 4.78 is 1.99. The van der Waals surface area contributed by atoms with Crippen molar-refractivity contribution in [1.82, 2.24) is 14.7 Å². The number of hydrogen-bond acceptors (Lipinski definition) is 3. The van der Waals surface area contributed by atoms with Crippen molar-refractivity contribution in [2.45, 2.75) is 58.2 Å². The van der Waals surface area contributed by atoms with Crippen LogP contribution in [0.3, 0.4) is 0 Å². The molecule has 4 nitrogen and oxygen atoms in total. The number of anilines is 1. The van der Waals surface area contributed by atoms with Gasteiger partial charge in [0.05, 0.1) is 11.2 Å². The fraction of sp³-hybridized carbons (Fsp3) is 0.769. The van der Waals surface area contributed by atoms with Gasteiger partial charge in [-0.3, -0.25) is 4.90 Å². The molecule has 1 aromatic heterocycles. The first-order valence-corrected chi connectivity index (χ1v) is 6.57. The van der Waals surface area contributed by atoms with Crippen molar-refractivity contribution in [3.05, 3.63) is 11.3 Å². The maximum Gasteiger partial charge on any atom is 0.127 e. The summed E-state index contributed by atoms with van der Waals surface area (Å²) in [5, 5.41) is 4.70. The fourth-order valence-corrected chi connectivity index (χ4v) is 2.68. The third kappa shape index (κ3) is 1.84. The van der Waals surface area contributed by atoms with Gasteiger partial charge in [0.2, 0.25) is 0 Å². The van der Waals surface area contributed by atoms with Gasteiger partial charge in [-0.1, -0.05) is 0 Å². The maximum absolute atomic E-state index is 6.27. The molecule has 0 radical (unpaired) electrons. The molecule has 3 rings (SSSR count). The molecule has 1 aliphatic heterocycles. The highest BCUT2D eigenvalue weighted by Crippen LogP contribution is 2.34. The predicted molar refractivity (Wildman–Crippen MR) is 68.8 cm³/mol. The van der Waals surface area contributed by atoms with Crippen LogP contribution in [-0.2, 0) is 18.5 Å². The maximum atomic E-state index is 6.27. The zero-order valence-electron chi connectivity index (χ0n) is 11.0. The first-order chi connectivity index (χ1) is 7.97. The largest absolute Gasteiger partial charge is 0.384 e. The van der Waals surface area contributed by atoms with Crippen LogP contribution in [0.25, 0.3) is 0 Å². The van der Waals surface area contributed by atoms with Crippen molar-refractivity contribution in [3.63, 3.8) is 0 Å². The van der Waals surface area contributed by atoms with Crippen molar-refractivity contribution in [2.75, 3.05) is 12.3 Å². The minimum Gasteiger partial charge on any atom is -0.384 e. The van der Waals surface area contributed by atoms with Gasteiger partial charge in [-0.25, -0.2) is 4.68 Å². The Morgan fingerprint density at radius 2 is 2.00 bits per heavy atom. The van der Waals surface area contributed by atoms with Crippen molar-refractivity contribution in [1.29, 1.82) is 0 Å². The first-order valence-electron chi connectivity index (χ1n) is 6.57. The standard InChI is InChI=1S/C13H22N4/c1-13(2,3)17-12(14)10-8-16(9-4-5-9)7-6-11(10)15-17/h9H,4-8,14H2,1-3H3. The molecular weight excluding hydrogens is 212 g/mol. The molecule has 1 saturated carbocycles. The van der Waals surface area contributed by atoms with Gasteiger partial charge in [-0.15, -0.1) is 0 Å². The Morgan fingerprint density at radius 1 is 1.29 bits per heavy atom. The second-order valence-corrected chi connectivity index (χ2v) is 6.34. The quantitative estimate of drug-likeness (QED) is 0.805. The van der Waals surface area contributed by atoms with E-state index >= 15 is 0 Å². The van der Waals surface area contributed by atoms with Gasteiger partial charge in [-0.05, 0) is 33.6 Å². The fourth-order valence-electron chi connectivity index (χ4n) is 2.68. The van der Waals surface area contributed by atoms with Gasteiger partial charge in [0.1, 0.15) is 5.82 Å². The topological polar surface area (TPSA) is 47.1 Å². The van der Waals surface area contributed by atoms with E-state index in [0.29, 0.717) is 0 Å². The molecule has 94 valence electrons. The average molecular weight is 234 g/mol. The second kappa shape index (κ2) is 3.48. The molecule has 0 saturated heterocycles. The second-order valence-electron chi connectivity index (χ2n) is 6.34. The van der Waals surface area contributed by atoms with E-state index in [0.717, 1.165) is 31.4 Å². The summed E-state index contributed by atoms with van der Waals surface area (Å²) in [6.07, 6.45) is 3.78. The Hall–Kier alpha value is -1.03. The van der Waals surface area contributed by atoms with Gasteiger partial charge in [0.15, 0.2) is 0 Å². The zero-order chi connectivity index (χ0) is 12.2. The van der Waals surface area contributed by atoms with Crippen molar-refractivity contribution >= 4 is 5.82 Å². The minimum atomic E-state index is -0.0220. The molecule has 0 aromatic carbocycles. The van der Waals surface area contributed by atoms with Crippen LogP contribution in [0.5, 0.6) is 0 Å². The number of hydrogen-bond donors (Lipinski definition) is 1. The Kier molecular flexibility index (Phi) is 2.27. The number of nitrogens with zero attached hydrogens (tertiary/aromatic N) is 3. The summed E-state index contributed by atoms with van der Waals surface area (Å²) >= 11 is 0. The lowest BCUT2D eigenvalue weighted by molar-refractivity contribution is 0.243. The predicted octanol–water partition coefficient (Wildman–Crippen LogP) is 1.74. The number of nitrogen functional groups attached to an aromatic ring is 1. The van der Waals surface area contributed by atoms with Crippen LogP contribution in [0.2, 0.25) is 0 Å². The van der Waals surface area contributed by atoms with Crippen LogP contribution in [0.1, 0.15) is 44.9 Å². The number of nitrogens with two attached hydrogens (primary N) is 1. The molecule has 1 aliphatic carbocycles. The highest BCUT2D eigenvalue weighted by molar-refractivity contribution is 5.45. The van der Waals surface area contributed by atoms with Gasteiger partial charge >= 0.3 is 0 Å². The summed E-state index contributed by atoms with van der Waals surface area (Å²) in [5.74, 6) is 0.873. The Labute approximate surface area is 103 Å². The van der Waals surface area contributed by atoms with Crippen LogP contribution in [-0.4, -0.2) is 27.3 Å². The molecule has 17 heavy (non-hydrogen) atoms. The van der Waals surface area contributed by atoms with E-state index in [1.807, 2.05) is 4.68 Å². The molecule has 0 atom stereocenters. The van der Waals surface area contributed by atoms with E-state index < -0.39 is 0 Å². The van der Waals surface area contributed by atoms with E-state index in [4.69, 9.17) is 10.8 Å². The molecule has 2 N–H and O–H groups in total. The van der Waals surface area contributed by atoms with Crippen molar-refractivity contribution in [2.24, 2.45) is 0 Å². The van der Waals surface area contributed by atoms with E-state index in [1.165, 1.54) is 24.1 Å². The van der Waals surface area contributed by atoms with E-state index in [-0.39, 0.29) is 5.54 Å². The van der Waals surface area contributed by atoms with Gasteiger partial charge < -0.3 is 5.73 Å². The summed E-state index contributed by atoms with van der Waals surface area (Å²) in [4.78, 5) is 2.56. The Morgan fingerprint density at radius 3 is 2.59 bits per heavy atom. The Bertz CT molecular complexity index is 437. The van der Waals surface area contributed by atoms with E-state index in [9.17, 15) is 0 Å². The summed E-state index contributed by atoms with van der Waals surface area (Å²) in [6.45, 7) is 8.61. The third-order valence-corrected chi connectivity index (χ3v) is 3.80. The summed E-state index contributed by atoms with van der Waals surface area (Å²) in [6, 6.07) is 0.820. The van der Waals surface area contributed by atoms with Crippen LogP contribution in [0.4, 0.5) is 5.82 Å². The SMILES string of the molecule is CC(C)(C)n1nc2c(c1N)CN(C1CC1)CC2. The molecule has 1 fully saturated rings. The highest BCUT2D eigenvalue weighted by Gasteiger charge is 2.34. The third-order valence-electron chi connectivity index (χ3n) is 3.80. The van der Waals surface area contributed by atoms with Crippen LogP contribution < -0.4 is 5.73 Å². The molecule has 1 aromatic rings. The monoisotopic (exact) mass is 234 g/mol. The van der Waals surface area contributed by atoms with Gasteiger partial charge in [0.25, 0.3) is 0 Å². The number of fused-ring (bicyclic) bond motifs is 1. The molecule has 4 heteroatoms. The molecule has 0 amide bonds. The summed E-state index contributed by atoms with van der Waals surface area (Å²) in [5.41, 5.74) is 8.74. The smallest absolute Gasteiger partial charge is 0.127 e. The number of rotatable bonds is 1. The van der Waals surface area contributed by atoms with Crippen LogP contribution in [0.15, 0.2) is 0 Å². The lowest BCUT2D eigenvalue weighted by Crippen LogP contribution is -2.32. The molecular formula is C13H22N4. The normalized spacial score (nSPS) is 21.6. The lowest BCUT2D eigenvalue weighted by atomic mass is 10.1. The summed E-state index contributed by atoms with van der Waals surface area (Å²) in [7, 11) is 0. The Balaban J connectivity index is 1.93. The van der Waals surface area contributed by atoms with Crippen molar-refractivity contribution in [3.8, 4) is 0 Å². The molecule has 0 bridgehead atoms. The average Bonchev–Trinajstić information content (AvgIpc) is 3.03. The van der Waals surface area contributed by atoms with E-state index in [1.54, 1.807) is 0 Å². The van der Waals surface area contributed by atoms with E-state index in [2.05, 4.69) is 25.7 Å². The highest BCUT2D eigenvalue weighted by atomic mass is 15.4.